The molecule has 0 bridgehead atoms. The Kier molecular flexibility index (Phi) is 5.40. The molecule has 1 aliphatic carbocycles. The summed E-state index contributed by atoms with van der Waals surface area (Å²) in [5.41, 5.74) is 10.3. The Morgan fingerprint density at radius 1 is 1.19 bits per heavy atom. The van der Waals surface area contributed by atoms with Gasteiger partial charge in [0.05, 0.1) is 0 Å². The van der Waals surface area contributed by atoms with Gasteiger partial charge < -0.3 is 0 Å². The van der Waals surface area contributed by atoms with Gasteiger partial charge in [0.25, 0.3) is 0 Å². The van der Waals surface area contributed by atoms with Crippen LogP contribution >= 0.6 is 0 Å². The second-order valence-electron chi connectivity index (χ2n) is 7.80. The monoisotopic (exact) mass is 407 g/mol. The molecule has 11 heteroatoms. The number of nitrogens with two attached hydrogens (primary N) is 1. The molecule has 0 saturated heterocycles. The quantitative estimate of drug-likeness (QED) is 0.520. The van der Waals surface area contributed by atoms with Crippen LogP contribution in [-0.2, 0) is 6.54 Å². The van der Waals surface area contributed by atoms with Gasteiger partial charge in [0, 0.05) is 0 Å². The number of nitrogens with zero attached hydrogens (tertiary/aromatic N) is 5. The number of nitrogen functional groups attached to an aromatic ring is 1. The van der Waals surface area contributed by atoms with Crippen molar-refractivity contribution in [2.45, 2.75) is 38.3 Å². The summed E-state index contributed by atoms with van der Waals surface area (Å²) in [5.74, 6) is 2.01. The zero-order valence-corrected chi connectivity index (χ0v) is 17.0. The third kappa shape index (κ3) is 3.92. The zero-order valence-electron chi connectivity index (χ0n) is 17.0. The van der Waals surface area contributed by atoms with E-state index >= 15 is 0 Å². The maximum absolute atomic E-state index is 12.2. The molecular weight excluding hydrogens is 387 g/mol. The van der Waals surface area contributed by atoms with Crippen LogP contribution in [0.25, 0.3) is 22.3 Å². The number of hydrogen-bond donors (Lipinski definition) is 2. The number of fused-ring (bicyclic) bond motifs is 1. The topological polar surface area (TPSA) is 112 Å². The Bertz CT molecular complexity index is 1230. The smallest absolute Gasteiger partial charge is 0.0512 e. The van der Waals surface area contributed by atoms with Crippen molar-refractivity contribution in [1.82, 2.24) is 29.9 Å². The van der Waals surface area contributed by atoms with Crippen LogP contribution in [0.1, 0.15) is 47.5 Å². The Morgan fingerprint density at radius 2 is 2.00 bits per heavy atom. The second-order valence-corrected chi connectivity index (χ2v) is 7.80. The van der Waals surface area contributed by atoms with Gasteiger partial charge in [-0.25, -0.2) is 0 Å². The van der Waals surface area contributed by atoms with Crippen LogP contribution in [0.2, 0.25) is 0 Å². The molecule has 1 amide bonds. The van der Waals surface area contributed by atoms with E-state index < -0.39 is 0 Å². The summed E-state index contributed by atoms with van der Waals surface area (Å²) in [6, 6.07) is 8.33. The fraction of sp³-hybridized carbons (Fsp3) is 0.300. The van der Waals surface area contributed by atoms with Gasteiger partial charge in [-0.05, 0) is 12.8 Å². The van der Waals surface area contributed by atoms with Crippen molar-refractivity contribution in [3.63, 3.8) is 0 Å². The van der Waals surface area contributed by atoms with Crippen LogP contribution in [0.15, 0.2) is 36.6 Å². The Labute approximate surface area is 181 Å². The number of rotatable bonds is 5. The SMILES string of the molecule is Nc1ncnc2c1c(-c1ccc(CNC(=O)c3bbnbc3)cc1)nn2C1CCCC1. The minimum absolute atomic E-state index is 0.127. The molecule has 3 heterocycles. The molecule has 0 radical (unpaired) electrons. The number of amides is 1. The number of aromatic nitrogens is 5. The molecule has 1 saturated carbocycles. The molecule has 1 aliphatic rings. The maximum atomic E-state index is 12.2. The summed E-state index contributed by atoms with van der Waals surface area (Å²) in [4.78, 5) is 24.8. The predicted molar refractivity (Wildman–Crippen MR) is 122 cm³/mol. The van der Waals surface area contributed by atoms with Crippen LogP contribution in [0.3, 0.4) is 0 Å². The van der Waals surface area contributed by atoms with Crippen LogP contribution < -0.4 is 11.1 Å². The molecule has 0 aliphatic heterocycles. The minimum Gasteiger partial charge on any atom is -0.0512 e. The summed E-state index contributed by atoms with van der Waals surface area (Å²) in [5, 5.41) is 8.63. The first-order valence-corrected chi connectivity index (χ1v) is 10.5. The molecule has 3 aromatic heterocycles. The van der Waals surface area contributed by atoms with Gasteiger partial charge in [-0.2, -0.15) is 0 Å². The molecule has 31 heavy (non-hydrogen) atoms. The molecule has 4 aromatic rings. The van der Waals surface area contributed by atoms with E-state index in [9.17, 15) is 4.79 Å². The van der Waals surface area contributed by atoms with E-state index in [1.54, 1.807) is 26.7 Å². The normalized spacial score (nSPS) is 13.8. The summed E-state index contributed by atoms with van der Waals surface area (Å²) < 4.78 is 2.03. The predicted octanol–water partition coefficient (Wildman–Crippen LogP) is 1.53. The zero-order chi connectivity index (χ0) is 21.2. The molecule has 0 spiro atoms. The van der Waals surface area contributed by atoms with Crippen molar-refractivity contribution in [3.8, 4) is 11.3 Å². The summed E-state index contributed by atoms with van der Waals surface area (Å²) in [6.45, 7) is 3.73. The fourth-order valence-electron chi connectivity index (χ4n) is 4.17. The first-order chi connectivity index (χ1) is 15.2. The second kappa shape index (κ2) is 8.49. The molecule has 150 valence electrons. The van der Waals surface area contributed by atoms with E-state index in [-0.39, 0.29) is 5.91 Å². The van der Waals surface area contributed by atoms with Gasteiger partial charge in [-0.3, -0.25) is 0 Å². The minimum atomic E-state index is -0.127. The molecule has 0 unspecified atom stereocenters. The van der Waals surface area contributed by atoms with Crippen molar-refractivity contribution in [3.05, 3.63) is 47.6 Å². The van der Waals surface area contributed by atoms with Crippen molar-refractivity contribution >= 4 is 43.5 Å². The Balaban J connectivity index is 1.40. The van der Waals surface area contributed by atoms with Crippen LogP contribution in [0.4, 0.5) is 5.82 Å². The molecular formula is C20H20B3N7O. The fourth-order valence-corrected chi connectivity index (χ4v) is 4.17. The van der Waals surface area contributed by atoms with Crippen molar-refractivity contribution in [1.29, 1.82) is 0 Å². The van der Waals surface area contributed by atoms with Gasteiger partial charge in [0.2, 0.25) is 0 Å². The van der Waals surface area contributed by atoms with E-state index in [0.29, 0.717) is 23.9 Å². The van der Waals surface area contributed by atoms with E-state index in [2.05, 4.69) is 20.1 Å². The van der Waals surface area contributed by atoms with Crippen molar-refractivity contribution < 1.29 is 4.79 Å². The Hall–Kier alpha value is -3.23. The number of benzene rings is 1. The standard InChI is InChI=1S/C20H20B3N7O/c24-18-16-17(28-30(14-3-1-2-4-14)19(16)27-11-26-18)13-7-5-12(6-8-13)10-25-20(31)15-9-21-29-23-22-15/h5-9,11,14H,1-4,10H2,(H,25,31)(H2,24,26,27). The molecule has 1 fully saturated rings. The molecule has 0 atom stereocenters. The number of anilines is 1. The van der Waals surface area contributed by atoms with Gasteiger partial charge in [-0.15, -0.1) is 0 Å². The first kappa shape index (κ1) is 19.7. The van der Waals surface area contributed by atoms with Crippen molar-refractivity contribution in [2.75, 3.05) is 5.73 Å². The Morgan fingerprint density at radius 3 is 2.74 bits per heavy atom. The van der Waals surface area contributed by atoms with E-state index in [4.69, 9.17) is 10.8 Å². The molecule has 8 nitrogen and oxygen atoms in total. The van der Waals surface area contributed by atoms with Crippen LogP contribution in [0, 0.1) is 0 Å². The van der Waals surface area contributed by atoms with E-state index in [0.717, 1.165) is 40.7 Å². The van der Waals surface area contributed by atoms with Crippen molar-refractivity contribution in [2.24, 2.45) is 0 Å². The van der Waals surface area contributed by atoms with Gasteiger partial charge in [0.15, 0.2) is 0 Å². The van der Waals surface area contributed by atoms with Crippen LogP contribution in [-0.4, -0.2) is 51.2 Å². The first-order valence-electron chi connectivity index (χ1n) is 10.5. The number of carbonyl (C=O) groups is 1. The summed E-state index contributed by atoms with van der Waals surface area (Å²) >= 11 is 0. The molecule has 5 rings (SSSR count). The van der Waals surface area contributed by atoms with E-state index in [1.165, 1.54) is 19.2 Å². The average molecular weight is 407 g/mol. The van der Waals surface area contributed by atoms with E-state index in [1.807, 2.05) is 28.9 Å². The average Bonchev–Trinajstić information content (AvgIpc) is 3.47. The molecule has 3 N–H and O–H groups in total. The molecule has 1 aromatic carbocycles. The van der Waals surface area contributed by atoms with Gasteiger partial charge >= 0.3 is 149 Å². The summed E-state index contributed by atoms with van der Waals surface area (Å²) in [6.07, 6.45) is 6.14. The van der Waals surface area contributed by atoms with Gasteiger partial charge in [0.1, 0.15) is 6.33 Å². The van der Waals surface area contributed by atoms with Crippen LogP contribution in [0.5, 0.6) is 0 Å². The third-order valence-corrected chi connectivity index (χ3v) is 5.81. The number of hydrogen-bond acceptors (Lipinski definition) is 6. The number of carbonyl (C=O) groups excluding carboxylic acids is 1. The third-order valence-electron chi connectivity index (χ3n) is 5.81. The van der Waals surface area contributed by atoms with Gasteiger partial charge in [-0.1, -0.05) is 12.8 Å². The summed E-state index contributed by atoms with van der Waals surface area (Å²) in [7, 11) is 1.61. The number of nitrogens with one attached hydrogen (secondary N) is 1.